The molecule has 3 rings (SSSR count). The lowest BCUT2D eigenvalue weighted by atomic mass is 9.87. The number of rotatable bonds is 1. The van der Waals surface area contributed by atoms with Crippen molar-refractivity contribution in [3.05, 3.63) is 0 Å². The van der Waals surface area contributed by atoms with Crippen molar-refractivity contribution in [2.45, 2.75) is 44.4 Å². The van der Waals surface area contributed by atoms with Crippen LogP contribution in [0.5, 0.6) is 0 Å². The standard InChI is InChI=1S/C12H20N2O2.ClH/c1-8-7-13-4-5-14(8)12(15)10-6-9-2-3-11(10)16-9;/h8-11,13H,2-7H2,1H3;1H/t8-,9?,10?,11?;/m1./s1. The molecule has 4 atom stereocenters. The third-order valence-corrected chi connectivity index (χ3v) is 4.21. The molecular formula is C12H21ClN2O2. The number of carbonyl (C=O) groups excluding carboxylic acids is 1. The number of piperazine rings is 1. The molecule has 0 radical (unpaired) electrons. The number of nitrogens with one attached hydrogen (secondary N) is 1. The molecule has 3 heterocycles. The first-order chi connectivity index (χ1) is 7.75. The second-order valence-corrected chi connectivity index (χ2v) is 5.30. The molecule has 1 amide bonds. The quantitative estimate of drug-likeness (QED) is 0.758. The fourth-order valence-corrected chi connectivity index (χ4v) is 3.28. The van der Waals surface area contributed by atoms with Gasteiger partial charge in [0.1, 0.15) is 0 Å². The van der Waals surface area contributed by atoms with Crippen LogP contribution in [-0.2, 0) is 9.53 Å². The lowest BCUT2D eigenvalue weighted by Gasteiger charge is -2.36. The van der Waals surface area contributed by atoms with Crippen LogP contribution >= 0.6 is 12.4 Å². The Kier molecular flexibility index (Phi) is 3.95. The second-order valence-electron chi connectivity index (χ2n) is 5.30. The number of amides is 1. The summed E-state index contributed by atoms with van der Waals surface area (Å²) >= 11 is 0. The minimum Gasteiger partial charge on any atom is -0.374 e. The normalized spacial score (nSPS) is 40.2. The van der Waals surface area contributed by atoms with E-state index < -0.39 is 0 Å². The molecule has 0 spiro atoms. The van der Waals surface area contributed by atoms with Crippen molar-refractivity contribution in [2.75, 3.05) is 19.6 Å². The van der Waals surface area contributed by atoms with E-state index in [9.17, 15) is 4.79 Å². The molecule has 98 valence electrons. The van der Waals surface area contributed by atoms with Gasteiger partial charge in [-0.2, -0.15) is 0 Å². The van der Waals surface area contributed by atoms with Crippen molar-refractivity contribution in [1.29, 1.82) is 0 Å². The summed E-state index contributed by atoms with van der Waals surface area (Å²) < 4.78 is 5.77. The molecule has 3 aliphatic rings. The molecule has 0 aromatic carbocycles. The smallest absolute Gasteiger partial charge is 0.228 e. The Balaban J connectivity index is 0.00000108. The van der Waals surface area contributed by atoms with Gasteiger partial charge in [-0.25, -0.2) is 0 Å². The van der Waals surface area contributed by atoms with Crippen molar-refractivity contribution in [1.82, 2.24) is 10.2 Å². The van der Waals surface area contributed by atoms with E-state index in [1.165, 1.54) is 0 Å². The molecule has 0 aromatic rings. The molecule has 2 bridgehead atoms. The van der Waals surface area contributed by atoms with Crippen LogP contribution in [0.2, 0.25) is 0 Å². The number of ether oxygens (including phenoxy) is 1. The Bertz CT molecular complexity index is 296. The van der Waals surface area contributed by atoms with E-state index in [4.69, 9.17) is 4.74 Å². The Morgan fingerprint density at radius 1 is 1.41 bits per heavy atom. The van der Waals surface area contributed by atoms with Crippen molar-refractivity contribution in [2.24, 2.45) is 5.92 Å². The zero-order chi connectivity index (χ0) is 11.1. The topological polar surface area (TPSA) is 41.6 Å². The minimum absolute atomic E-state index is 0. The maximum absolute atomic E-state index is 12.4. The van der Waals surface area contributed by atoms with Gasteiger partial charge in [0, 0.05) is 25.7 Å². The van der Waals surface area contributed by atoms with E-state index in [1.54, 1.807) is 0 Å². The van der Waals surface area contributed by atoms with Gasteiger partial charge < -0.3 is 15.0 Å². The summed E-state index contributed by atoms with van der Waals surface area (Å²) in [5, 5.41) is 3.32. The average Bonchev–Trinajstić information content (AvgIpc) is 2.90. The fraction of sp³-hybridized carbons (Fsp3) is 0.917. The zero-order valence-corrected chi connectivity index (χ0v) is 11.0. The van der Waals surface area contributed by atoms with Crippen molar-refractivity contribution in [3.8, 4) is 0 Å². The average molecular weight is 261 g/mol. The van der Waals surface area contributed by atoms with E-state index in [2.05, 4.69) is 12.2 Å². The van der Waals surface area contributed by atoms with Crippen molar-refractivity contribution < 1.29 is 9.53 Å². The maximum Gasteiger partial charge on any atom is 0.228 e. The van der Waals surface area contributed by atoms with E-state index in [-0.39, 0.29) is 24.4 Å². The molecular weight excluding hydrogens is 240 g/mol. The van der Waals surface area contributed by atoms with Crippen LogP contribution in [0.1, 0.15) is 26.2 Å². The first-order valence-corrected chi connectivity index (χ1v) is 6.42. The SMILES string of the molecule is C[C@@H]1CNCCN1C(=O)C1CC2CCC1O2.Cl. The molecule has 17 heavy (non-hydrogen) atoms. The first-order valence-electron chi connectivity index (χ1n) is 6.42. The maximum atomic E-state index is 12.4. The van der Waals surface area contributed by atoms with Crippen LogP contribution in [0.25, 0.3) is 0 Å². The third-order valence-electron chi connectivity index (χ3n) is 4.21. The van der Waals surface area contributed by atoms with Crippen LogP contribution in [-0.4, -0.2) is 48.7 Å². The largest absolute Gasteiger partial charge is 0.374 e. The van der Waals surface area contributed by atoms with Crippen LogP contribution in [0.4, 0.5) is 0 Å². The number of hydrogen-bond acceptors (Lipinski definition) is 3. The Morgan fingerprint density at radius 3 is 2.82 bits per heavy atom. The summed E-state index contributed by atoms with van der Waals surface area (Å²) in [5.41, 5.74) is 0. The minimum atomic E-state index is 0. The van der Waals surface area contributed by atoms with Gasteiger partial charge in [0.25, 0.3) is 0 Å². The lowest BCUT2D eigenvalue weighted by molar-refractivity contribution is -0.140. The van der Waals surface area contributed by atoms with Crippen LogP contribution in [0.3, 0.4) is 0 Å². The van der Waals surface area contributed by atoms with Gasteiger partial charge in [-0.3, -0.25) is 4.79 Å². The van der Waals surface area contributed by atoms with Gasteiger partial charge >= 0.3 is 0 Å². The van der Waals surface area contributed by atoms with Gasteiger partial charge in [-0.15, -0.1) is 12.4 Å². The molecule has 4 nitrogen and oxygen atoms in total. The zero-order valence-electron chi connectivity index (χ0n) is 10.2. The number of halogens is 1. The van der Waals surface area contributed by atoms with Crippen molar-refractivity contribution >= 4 is 18.3 Å². The first kappa shape index (κ1) is 13.1. The Morgan fingerprint density at radius 2 is 2.24 bits per heavy atom. The Labute approximate surface area is 108 Å². The number of nitrogens with zero attached hydrogens (tertiary/aromatic N) is 1. The van der Waals surface area contributed by atoms with Crippen LogP contribution < -0.4 is 5.32 Å². The molecule has 3 unspecified atom stereocenters. The summed E-state index contributed by atoms with van der Waals surface area (Å²) in [5.74, 6) is 0.487. The van der Waals surface area contributed by atoms with E-state index in [0.29, 0.717) is 18.1 Å². The number of hydrogen-bond donors (Lipinski definition) is 1. The molecule has 5 heteroatoms. The highest BCUT2D eigenvalue weighted by molar-refractivity contribution is 5.85. The Hall–Kier alpha value is -0.320. The number of carbonyl (C=O) groups is 1. The summed E-state index contributed by atoms with van der Waals surface area (Å²) in [6.45, 7) is 4.83. The molecule has 0 saturated carbocycles. The van der Waals surface area contributed by atoms with Gasteiger partial charge in [0.15, 0.2) is 0 Å². The van der Waals surface area contributed by atoms with Gasteiger partial charge in [0.05, 0.1) is 18.1 Å². The monoisotopic (exact) mass is 260 g/mol. The summed E-state index contributed by atoms with van der Waals surface area (Å²) in [6.07, 6.45) is 3.80. The molecule has 3 aliphatic heterocycles. The molecule has 3 fully saturated rings. The van der Waals surface area contributed by atoms with Crippen molar-refractivity contribution in [3.63, 3.8) is 0 Å². The summed E-state index contributed by atoms with van der Waals surface area (Å²) in [7, 11) is 0. The van der Waals surface area contributed by atoms with Gasteiger partial charge in [0.2, 0.25) is 5.91 Å². The highest BCUT2D eigenvalue weighted by atomic mass is 35.5. The lowest BCUT2D eigenvalue weighted by Crippen LogP contribution is -2.54. The van der Waals surface area contributed by atoms with E-state index >= 15 is 0 Å². The summed E-state index contributed by atoms with van der Waals surface area (Å²) in [4.78, 5) is 14.5. The fourth-order valence-electron chi connectivity index (χ4n) is 3.28. The molecule has 1 N–H and O–H groups in total. The second kappa shape index (κ2) is 5.12. The summed E-state index contributed by atoms with van der Waals surface area (Å²) in [6, 6.07) is 0.334. The van der Waals surface area contributed by atoms with Gasteiger partial charge in [-0.05, 0) is 26.2 Å². The third kappa shape index (κ3) is 2.30. The highest BCUT2D eigenvalue weighted by Crippen LogP contribution is 2.39. The molecule has 3 saturated heterocycles. The van der Waals surface area contributed by atoms with Gasteiger partial charge in [-0.1, -0.05) is 0 Å². The molecule has 0 aliphatic carbocycles. The highest BCUT2D eigenvalue weighted by Gasteiger charge is 2.46. The van der Waals surface area contributed by atoms with Crippen LogP contribution in [0, 0.1) is 5.92 Å². The predicted molar refractivity (Wildman–Crippen MR) is 67.3 cm³/mol. The number of fused-ring (bicyclic) bond motifs is 2. The van der Waals surface area contributed by atoms with E-state index in [0.717, 1.165) is 38.9 Å². The van der Waals surface area contributed by atoms with Crippen LogP contribution in [0.15, 0.2) is 0 Å². The predicted octanol–water partition coefficient (Wildman–Crippen LogP) is 0.796. The molecule has 0 aromatic heterocycles. The van der Waals surface area contributed by atoms with E-state index in [1.807, 2.05) is 4.90 Å².